The third kappa shape index (κ3) is 4.88. The Hall–Kier alpha value is -1.85. The van der Waals surface area contributed by atoms with E-state index in [2.05, 4.69) is 21.2 Å². The predicted octanol–water partition coefficient (Wildman–Crippen LogP) is 2.97. The molecule has 110 valence electrons. The summed E-state index contributed by atoms with van der Waals surface area (Å²) in [7, 11) is 0. The molecule has 0 aliphatic carbocycles. The molecule has 5 heteroatoms. The van der Waals surface area contributed by atoms with Gasteiger partial charge in [-0.3, -0.25) is 4.79 Å². The summed E-state index contributed by atoms with van der Waals surface area (Å²) in [4.78, 5) is 11.9. The van der Waals surface area contributed by atoms with Crippen molar-refractivity contribution in [1.29, 1.82) is 0 Å². The molecule has 2 aromatic rings. The van der Waals surface area contributed by atoms with Crippen LogP contribution in [-0.2, 0) is 11.2 Å². The number of carbonyl (C=O) groups excluding carboxylic acids is 1. The fraction of sp³-hybridized carbons (Fsp3) is 0.188. The van der Waals surface area contributed by atoms with E-state index in [1.807, 2.05) is 48.5 Å². The number of ether oxygens (including phenoxy) is 1. The fourth-order valence-electron chi connectivity index (χ4n) is 1.86. The van der Waals surface area contributed by atoms with Crippen LogP contribution in [0.2, 0.25) is 0 Å². The van der Waals surface area contributed by atoms with Gasteiger partial charge in [-0.25, -0.2) is 0 Å². The van der Waals surface area contributed by atoms with Gasteiger partial charge in [0.1, 0.15) is 5.75 Å². The van der Waals surface area contributed by atoms with Crippen molar-refractivity contribution in [1.82, 2.24) is 0 Å². The fourth-order valence-corrected chi connectivity index (χ4v) is 2.24. The molecule has 0 aliphatic rings. The number of benzene rings is 2. The topological polar surface area (TPSA) is 64.3 Å². The highest BCUT2D eigenvalue weighted by Gasteiger charge is 2.06. The summed E-state index contributed by atoms with van der Waals surface area (Å²) in [5, 5.41) is 2.79. The molecule has 0 unspecified atom stereocenters. The summed E-state index contributed by atoms with van der Waals surface area (Å²) in [6.45, 7) is 0.555. The summed E-state index contributed by atoms with van der Waals surface area (Å²) in [6.07, 6.45) is 0.792. The van der Waals surface area contributed by atoms with E-state index >= 15 is 0 Å². The van der Waals surface area contributed by atoms with Gasteiger partial charge < -0.3 is 15.8 Å². The van der Waals surface area contributed by atoms with E-state index in [-0.39, 0.29) is 12.5 Å². The van der Waals surface area contributed by atoms with Crippen molar-refractivity contribution in [2.24, 2.45) is 5.73 Å². The van der Waals surface area contributed by atoms with Gasteiger partial charge in [0.2, 0.25) is 0 Å². The lowest BCUT2D eigenvalue weighted by Crippen LogP contribution is -2.20. The molecular formula is C16H17BrN2O2. The molecule has 0 heterocycles. The summed E-state index contributed by atoms with van der Waals surface area (Å²) in [6, 6.07) is 15.0. The Morgan fingerprint density at radius 1 is 1.19 bits per heavy atom. The van der Waals surface area contributed by atoms with Crippen molar-refractivity contribution in [2.45, 2.75) is 6.42 Å². The molecule has 2 aromatic carbocycles. The average molecular weight is 349 g/mol. The third-order valence-corrected chi connectivity index (χ3v) is 3.54. The molecular weight excluding hydrogens is 332 g/mol. The Morgan fingerprint density at radius 2 is 2.00 bits per heavy atom. The van der Waals surface area contributed by atoms with Crippen LogP contribution in [0.4, 0.5) is 5.69 Å². The van der Waals surface area contributed by atoms with E-state index in [9.17, 15) is 4.79 Å². The molecule has 0 aromatic heterocycles. The highest BCUT2D eigenvalue weighted by molar-refractivity contribution is 9.10. The minimum atomic E-state index is -0.203. The molecule has 0 bridgehead atoms. The molecule has 21 heavy (non-hydrogen) atoms. The monoisotopic (exact) mass is 348 g/mol. The van der Waals surface area contributed by atoms with Crippen LogP contribution < -0.4 is 15.8 Å². The molecule has 0 spiro atoms. The lowest BCUT2D eigenvalue weighted by atomic mass is 10.1. The molecule has 0 aliphatic heterocycles. The van der Waals surface area contributed by atoms with Gasteiger partial charge in [0.25, 0.3) is 5.91 Å². The molecule has 0 atom stereocenters. The Labute approximate surface area is 132 Å². The number of rotatable bonds is 6. The van der Waals surface area contributed by atoms with Gasteiger partial charge in [0.15, 0.2) is 6.61 Å². The number of hydrogen-bond donors (Lipinski definition) is 2. The number of para-hydroxylation sites is 1. The molecule has 0 fully saturated rings. The zero-order valence-electron chi connectivity index (χ0n) is 11.5. The number of nitrogens with two attached hydrogens (primary N) is 1. The van der Waals surface area contributed by atoms with E-state index in [4.69, 9.17) is 10.5 Å². The van der Waals surface area contributed by atoms with Crippen LogP contribution in [0.15, 0.2) is 53.0 Å². The highest BCUT2D eigenvalue weighted by atomic mass is 79.9. The van der Waals surface area contributed by atoms with E-state index < -0.39 is 0 Å². The van der Waals surface area contributed by atoms with Crippen molar-refractivity contribution in [3.63, 3.8) is 0 Å². The average Bonchev–Trinajstić information content (AvgIpc) is 2.48. The lowest BCUT2D eigenvalue weighted by molar-refractivity contribution is -0.118. The molecule has 3 N–H and O–H groups in total. The molecule has 0 radical (unpaired) electrons. The zero-order valence-corrected chi connectivity index (χ0v) is 13.1. The van der Waals surface area contributed by atoms with E-state index in [0.29, 0.717) is 12.3 Å². The molecule has 0 saturated carbocycles. The highest BCUT2D eigenvalue weighted by Crippen LogP contribution is 2.21. The quantitative estimate of drug-likeness (QED) is 0.843. The van der Waals surface area contributed by atoms with E-state index in [0.717, 1.165) is 22.1 Å². The number of halogens is 1. The maximum atomic E-state index is 11.9. The van der Waals surface area contributed by atoms with Crippen LogP contribution in [0, 0.1) is 0 Å². The smallest absolute Gasteiger partial charge is 0.262 e. The number of hydrogen-bond acceptors (Lipinski definition) is 3. The van der Waals surface area contributed by atoms with Crippen LogP contribution in [0.5, 0.6) is 5.75 Å². The SMILES string of the molecule is NCCc1cccc(OCC(=O)Nc2ccccc2Br)c1. The summed E-state index contributed by atoms with van der Waals surface area (Å²) in [5.74, 6) is 0.467. The van der Waals surface area contributed by atoms with Gasteiger partial charge in [-0.05, 0) is 58.7 Å². The maximum absolute atomic E-state index is 11.9. The maximum Gasteiger partial charge on any atom is 0.262 e. The van der Waals surface area contributed by atoms with Gasteiger partial charge in [-0.15, -0.1) is 0 Å². The standard InChI is InChI=1S/C16H17BrN2O2/c17-14-6-1-2-7-15(14)19-16(20)11-21-13-5-3-4-12(10-13)8-9-18/h1-7,10H,8-9,11,18H2,(H,19,20). The minimum Gasteiger partial charge on any atom is -0.484 e. The van der Waals surface area contributed by atoms with Gasteiger partial charge in [-0.2, -0.15) is 0 Å². The van der Waals surface area contributed by atoms with Gasteiger partial charge in [-0.1, -0.05) is 24.3 Å². The predicted molar refractivity (Wildman–Crippen MR) is 87.5 cm³/mol. The van der Waals surface area contributed by atoms with Crippen LogP contribution in [0.25, 0.3) is 0 Å². The first-order chi connectivity index (χ1) is 10.2. The molecule has 2 rings (SSSR count). The van der Waals surface area contributed by atoms with E-state index in [1.54, 1.807) is 0 Å². The molecule has 4 nitrogen and oxygen atoms in total. The second-order valence-electron chi connectivity index (χ2n) is 4.50. The lowest BCUT2D eigenvalue weighted by Gasteiger charge is -2.09. The Balaban J connectivity index is 1.89. The van der Waals surface area contributed by atoms with Crippen molar-refractivity contribution in [3.05, 3.63) is 58.6 Å². The van der Waals surface area contributed by atoms with Crippen molar-refractivity contribution in [3.8, 4) is 5.75 Å². The van der Waals surface area contributed by atoms with E-state index in [1.165, 1.54) is 0 Å². The molecule has 0 saturated heterocycles. The van der Waals surface area contributed by atoms with Gasteiger partial charge >= 0.3 is 0 Å². The Kier molecular flexibility index (Phi) is 5.78. The first kappa shape index (κ1) is 15.5. The summed E-state index contributed by atoms with van der Waals surface area (Å²) >= 11 is 3.38. The molecule has 1 amide bonds. The number of anilines is 1. The normalized spacial score (nSPS) is 10.2. The van der Waals surface area contributed by atoms with Crippen LogP contribution in [-0.4, -0.2) is 19.1 Å². The van der Waals surface area contributed by atoms with Crippen molar-refractivity contribution in [2.75, 3.05) is 18.5 Å². The number of carbonyl (C=O) groups is 1. The number of nitrogens with one attached hydrogen (secondary N) is 1. The second kappa shape index (κ2) is 7.81. The summed E-state index contributed by atoms with van der Waals surface area (Å²) < 4.78 is 6.34. The first-order valence-electron chi connectivity index (χ1n) is 6.65. The van der Waals surface area contributed by atoms with Crippen molar-refractivity contribution < 1.29 is 9.53 Å². The Morgan fingerprint density at radius 3 is 2.76 bits per heavy atom. The third-order valence-electron chi connectivity index (χ3n) is 2.85. The van der Waals surface area contributed by atoms with Crippen LogP contribution in [0.3, 0.4) is 0 Å². The van der Waals surface area contributed by atoms with Gasteiger partial charge in [0.05, 0.1) is 5.69 Å². The largest absolute Gasteiger partial charge is 0.484 e. The van der Waals surface area contributed by atoms with Gasteiger partial charge in [0, 0.05) is 4.47 Å². The zero-order chi connectivity index (χ0) is 15.1. The minimum absolute atomic E-state index is 0.0343. The Bertz CT molecular complexity index is 617. The number of amides is 1. The first-order valence-corrected chi connectivity index (χ1v) is 7.44. The summed E-state index contributed by atoms with van der Waals surface area (Å²) in [5.41, 5.74) is 7.35. The van der Waals surface area contributed by atoms with Crippen molar-refractivity contribution >= 4 is 27.5 Å². The second-order valence-corrected chi connectivity index (χ2v) is 5.36. The van der Waals surface area contributed by atoms with Crippen LogP contribution >= 0.6 is 15.9 Å². The van der Waals surface area contributed by atoms with Crippen LogP contribution in [0.1, 0.15) is 5.56 Å².